The third-order valence-corrected chi connectivity index (χ3v) is 6.17. The Hall–Kier alpha value is -2.71. The summed E-state index contributed by atoms with van der Waals surface area (Å²) in [6, 6.07) is 14.4. The second kappa shape index (κ2) is 8.12. The second-order valence-electron chi connectivity index (χ2n) is 5.98. The largest absolute Gasteiger partial charge is 0.496 e. The molecular weight excluding hydrogens is 395 g/mol. The lowest BCUT2D eigenvalue weighted by molar-refractivity contribution is 0.416. The molecule has 0 saturated carbocycles. The summed E-state index contributed by atoms with van der Waals surface area (Å²) >= 11 is 3.10. The smallest absolute Gasteiger partial charge is 0.191 e. The minimum atomic E-state index is -0.310. The van der Waals surface area contributed by atoms with Gasteiger partial charge in [0.2, 0.25) is 0 Å². The molecule has 0 fully saturated rings. The van der Waals surface area contributed by atoms with E-state index in [1.807, 2.05) is 36.7 Å². The van der Waals surface area contributed by atoms with Crippen LogP contribution in [0.1, 0.15) is 5.69 Å². The Kier molecular flexibility index (Phi) is 5.40. The predicted molar refractivity (Wildman–Crippen MR) is 110 cm³/mol. The van der Waals surface area contributed by atoms with Gasteiger partial charge in [0.25, 0.3) is 0 Å². The summed E-state index contributed by atoms with van der Waals surface area (Å²) in [5.74, 6) is 1.65. The van der Waals surface area contributed by atoms with Crippen LogP contribution < -0.4 is 4.74 Å². The van der Waals surface area contributed by atoms with Gasteiger partial charge in [-0.2, -0.15) is 0 Å². The molecule has 2 heterocycles. The summed E-state index contributed by atoms with van der Waals surface area (Å²) in [6.07, 6.45) is 0. The van der Waals surface area contributed by atoms with Crippen LogP contribution in [0.5, 0.6) is 5.75 Å². The van der Waals surface area contributed by atoms with Crippen molar-refractivity contribution in [1.29, 1.82) is 0 Å². The van der Waals surface area contributed by atoms with E-state index in [1.165, 1.54) is 17.8 Å². The van der Waals surface area contributed by atoms with Gasteiger partial charge in [-0.05, 0) is 24.3 Å². The lowest BCUT2D eigenvalue weighted by Gasteiger charge is -2.05. The van der Waals surface area contributed by atoms with Gasteiger partial charge in [-0.1, -0.05) is 36.0 Å². The van der Waals surface area contributed by atoms with Gasteiger partial charge in [0.05, 0.1) is 23.9 Å². The van der Waals surface area contributed by atoms with Gasteiger partial charge in [-0.3, -0.25) is 0 Å². The molecule has 0 amide bonds. The van der Waals surface area contributed by atoms with Crippen LogP contribution in [0.15, 0.2) is 59.1 Å². The van der Waals surface area contributed by atoms with Gasteiger partial charge in [0.15, 0.2) is 11.0 Å². The Balaban J connectivity index is 1.51. The van der Waals surface area contributed by atoms with Gasteiger partial charge in [-0.15, -0.1) is 21.5 Å². The molecule has 0 N–H and O–H groups in total. The molecule has 0 aliphatic heterocycles. The number of methoxy groups -OCH3 is 1. The minimum absolute atomic E-state index is 0.310. The monoisotopic (exact) mass is 412 g/mol. The molecule has 142 valence electrons. The number of ether oxygens (including phenoxy) is 1. The summed E-state index contributed by atoms with van der Waals surface area (Å²) in [4.78, 5) is 4.71. The summed E-state index contributed by atoms with van der Waals surface area (Å²) in [5.41, 5.74) is 2.37. The fourth-order valence-corrected chi connectivity index (χ4v) is 4.53. The lowest BCUT2D eigenvalue weighted by Crippen LogP contribution is -1.96. The molecule has 4 aromatic rings. The van der Waals surface area contributed by atoms with Crippen molar-refractivity contribution in [3.63, 3.8) is 0 Å². The molecule has 8 heteroatoms. The maximum atomic E-state index is 14.0. The molecule has 0 unspecified atom stereocenters. The predicted octanol–water partition coefficient (Wildman–Crippen LogP) is 5.05. The highest BCUT2D eigenvalue weighted by molar-refractivity contribution is 7.98. The van der Waals surface area contributed by atoms with Gasteiger partial charge >= 0.3 is 0 Å². The van der Waals surface area contributed by atoms with E-state index in [0.29, 0.717) is 22.3 Å². The Morgan fingerprint density at radius 3 is 2.61 bits per heavy atom. The van der Waals surface area contributed by atoms with Crippen molar-refractivity contribution in [3.05, 3.63) is 65.4 Å². The first-order chi connectivity index (χ1) is 13.7. The zero-order valence-corrected chi connectivity index (χ0v) is 16.9. The Morgan fingerprint density at radius 2 is 1.82 bits per heavy atom. The molecule has 5 nitrogen and oxygen atoms in total. The van der Waals surface area contributed by atoms with Crippen molar-refractivity contribution >= 4 is 23.1 Å². The Bertz CT molecular complexity index is 1110. The van der Waals surface area contributed by atoms with Crippen molar-refractivity contribution < 1.29 is 9.13 Å². The number of thioether (sulfide) groups is 1. The van der Waals surface area contributed by atoms with Crippen LogP contribution in [0.25, 0.3) is 22.0 Å². The number of benzene rings is 2. The minimum Gasteiger partial charge on any atom is -0.496 e. The van der Waals surface area contributed by atoms with Crippen LogP contribution in [0.4, 0.5) is 4.39 Å². The Morgan fingerprint density at radius 1 is 1.07 bits per heavy atom. The van der Waals surface area contributed by atoms with E-state index in [4.69, 9.17) is 9.72 Å². The molecule has 2 aromatic carbocycles. The molecule has 2 aromatic heterocycles. The highest BCUT2D eigenvalue weighted by atomic mass is 32.2. The summed E-state index contributed by atoms with van der Waals surface area (Å²) < 4.78 is 21.3. The van der Waals surface area contributed by atoms with Gasteiger partial charge in [0.1, 0.15) is 16.6 Å². The standard InChI is InChI=1S/C20H17FN4OS2/c1-25-18(14-7-3-5-9-16(14)21)23-24-20(25)28-12-13-11-27-19(22-13)15-8-4-6-10-17(15)26-2/h3-11H,12H2,1-2H3. The average molecular weight is 413 g/mol. The zero-order chi connectivity index (χ0) is 19.5. The number of aromatic nitrogens is 4. The third kappa shape index (κ3) is 3.65. The molecule has 0 aliphatic carbocycles. The van der Waals surface area contributed by atoms with E-state index in [0.717, 1.165) is 22.0 Å². The summed E-state index contributed by atoms with van der Waals surface area (Å²) in [5, 5.41) is 12.0. The molecule has 0 aliphatic rings. The van der Waals surface area contributed by atoms with E-state index in [2.05, 4.69) is 10.2 Å². The summed E-state index contributed by atoms with van der Waals surface area (Å²) in [6.45, 7) is 0. The number of nitrogens with zero attached hydrogens (tertiary/aromatic N) is 4. The molecule has 28 heavy (non-hydrogen) atoms. The second-order valence-corrected chi connectivity index (χ2v) is 7.78. The maximum absolute atomic E-state index is 14.0. The fourth-order valence-electron chi connectivity index (χ4n) is 2.77. The molecule has 0 saturated heterocycles. The van der Waals surface area contributed by atoms with Gasteiger partial charge < -0.3 is 9.30 Å². The quantitative estimate of drug-likeness (QED) is 0.415. The first-order valence-electron chi connectivity index (χ1n) is 8.52. The molecule has 0 radical (unpaired) electrons. The lowest BCUT2D eigenvalue weighted by atomic mass is 10.2. The van der Waals surface area contributed by atoms with Crippen LogP contribution in [-0.4, -0.2) is 26.9 Å². The Labute approximate surface area is 170 Å². The zero-order valence-electron chi connectivity index (χ0n) is 15.3. The van der Waals surface area contributed by atoms with Crippen molar-refractivity contribution in [1.82, 2.24) is 19.7 Å². The number of para-hydroxylation sites is 1. The first-order valence-corrected chi connectivity index (χ1v) is 10.4. The van der Waals surface area contributed by atoms with Gasteiger partial charge in [-0.25, -0.2) is 9.37 Å². The van der Waals surface area contributed by atoms with Crippen LogP contribution in [0.2, 0.25) is 0 Å². The van der Waals surface area contributed by atoms with Crippen LogP contribution in [0.3, 0.4) is 0 Å². The van der Waals surface area contributed by atoms with Crippen molar-refractivity contribution in [3.8, 4) is 27.7 Å². The number of halogens is 1. The molecule has 0 bridgehead atoms. The van der Waals surface area contributed by atoms with Crippen molar-refractivity contribution in [2.45, 2.75) is 10.9 Å². The number of thiazole rings is 1. The number of hydrogen-bond acceptors (Lipinski definition) is 6. The maximum Gasteiger partial charge on any atom is 0.191 e. The molecule has 0 spiro atoms. The van der Waals surface area contributed by atoms with Gasteiger partial charge in [0, 0.05) is 18.2 Å². The SMILES string of the molecule is COc1ccccc1-c1nc(CSc2nnc(-c3ccccc3F)n2C)cs1. The normalized spacial score (nSPS) is 11.0. The number of rotatable bonds is 6. The van der Waals surface area contributed by atoms with E-state index in [9.17, 15) is 4.39 Å². The van der Waals surface area contributed by atoms with Crippen LogP contribution >= 0.6 is 23.1 Å². The first kappa shape index (κ1) is 18.6. The highest BCUT2D eigenvalue weighted by Gasteiger charge is 2.15. The molecule has 4 rings (SSSR count). The van der Waals surface area contributed by atoms with E-state index in [1.54, 1.807) is 41.2 Å². The number of hydrogen-bond donors (Lipinski definition) is 0. The third-order valence-electron chi connectivity index (χ3n) is 4.19. The fraction of sp³-hybridized carbons (Fsp3) is 0.150. The summed E-state index contributed by atoms with van der Waals surface area (Å²) in [7, 11) is 3.50. The molecule has 0 atom stereocenters. The van der Waals surface area contributed by atoms with Crippen molar-refractivity contribution in [2.75, 3.05) is 7.11 Å². The van der Waals surface area contributed by atoms with Crippen LogP contribution in [0, 0.1) is 5.82 Å². The van der Waals surface area contributed by atoms with Crippen molar-refractivity contribution in [2.24, 2.45) is 7.05 Å². The topological polar surface area (TPSA) is 52.8 Å². The van der Waals surface area contributed by atoms with E-state index in [-0.39, 0.29) is 5.82 Å². The molecular formula is C20H17FN4OS2. The van der Waals surface area contributed by atoms with Crippen LogP contribution in [-0.2, 0) is 12.8 Å². The van der Waals surface area contributed by atoms with E-state index >= 15 is 0 Å². The van der Waals surface area contributed by atoms with E-state index < -0.39 is 0 Å². The highest BCUT2D eigenvalue weighted by Crippen LogP contribution is 2.33. The average Bonchev–Trinajstić information content (AvgIpc) is 3.33.